The monoisotopic (exact) mass is 476 g/mol. The number of aromatic nitrogens is 3. The van der Waals surface area contributed by atoms with Gasteiger partial charge in [0.1, 0.15) is 11.5 Å². The molecule has 0 amide bonds. The first-order chi connectivity index (χ1) is 16.1. The van der Waals surface area contributed by atoms with Crippen molar-refractivity contribution in [2.24, 2.45) is 5.10 Å². The number of hydrogen-bond acceptors (Lipinski definition) is 9. The van der Waals surface area contributed by atoms with E-state index in [1.54, 1.807) is 36.5 Å². The van der Waals surface area contributed by atoms with Gasteiger partial charge in [0.15, 0.2) is 0 Å². The number of sulfonamides is 1. The molecule has 5 rings (SSSR count). The number of para-hydroxylation sites is 1. The summed E-state index contributed by atoms with van der Waals surface area (Å²) < 4.78 is 34.2. The van der Waals surface area contributed by atoms with Gasteiger partial charge in [0, 0.05) is 18.0 Å². The van der Waals surface area contributed by atoms with E-state index >= 15 is 0 Å². The average molecular weight is 477 g/mol. The molecule has 0 spiro atoms. The largest absolute Gasteiger partial charge is 0.455 e. The lowest BCUT2D eigenvalue weighted by atomic mass is 10.2. The van der Waals surface area contributed by atoms with E-state index in [9.17, 15) is 8.42 Å². The van der Waals surface area contributed by atoms with Crippen molar-refractivity contribution < 1.29 is 12.8 Å². The van der Waals surface area contributed by atoms with Crippen LogP contribution in [-0.4, -0.2) is 29.6 Å². The van der Waals surface area contributed by atoms with Gasteiger partial charge in [0.25, 0.3) is 10.0 Å². The number of hydrogen-bond donors (Lipinski definition) is 2. The zero-order chi connectivity index (χ0) is 22.7. The van der Waals surface area contributed by atoms with E-state index in [4.69, 9.17) is 4.42 Å². The number of thiazole rings is 1. The van der Waals surface area contributed by atoms with E-state index in [-0.39, 0.29) is 10.8 Å². The quantitative estimate of drug-likeness (QED) is 0.260. The van der Waals surface area contributed by atoms with Crippen LogP contribution in [0, 0.1) is 0 Å². The first-order valence-corrected chi connectivity index (χ1v) is 12.0. The predicted molar refractivity (Wildman–Crippen MR) is 128 cm³/mol. The molecule has 0 aliphatic rings. The molecule has 9 nitrogen and oxygen atoms in total. The fourth-order valence-electron chi connectivity index (χ4n) is 2.98. The standard InChI is InChI=1S/C22H16N6O3S2/c29-33(30,28-21-23-12-3-13-24-21)17-9-6-15(7-10-17)19-11-8-16(31-19)14-25-27-22-26-18-4-1-2-5-20(18)32-22/h1-14H,(H,26,27)(H,23,24,28)/b25-14-. The molecular formula is C22H16N6O3S2. The van der Waals surface area contributed by atoms with Gasteiger partial charge in [-0.1, -0.05) is 23.5 Å². The van der Waals surface area contributed by atoms with Crippen LogP contribution in [-0.2, 0) is 10.0 Å². The molecule has 0 aliphatic carbocycles. The van der Waals surface area contributed by atoms with Crippen LogP contribution in [0.2, 0.25) is 0 Å². The topological polar surface area (TPSA) is 122 Å². The van der Waals surface area contributed by atoms with Crippen LogP contribution in [0.1, 0.15) is 5.76 Å². The fourth-order valence-corrected chi connectivity index (χ4v) is 4.75. The lowest BCUT2D eigenvalue weighted by Gasteiger charge is -2.06. The zero-order valence-corrected chi connectivity index (χ0v) is 18.5. The van der Waals surface area contributed by atoms with Gasteiger partial charge in [-0.05, 0) is 54.6 Å². The summed E-state index contributed by atoms with van der Waals surface area (Å²) in [5.74, 6) is 1.13. The third-order valence-electron chi connectivity index (χ3n) is 4.51. The Morgan fingerprint density at radius 1 is 0.939 bits per heavy atom. The van der Waals surface area contributed by atoms with E-state index in [1.807, 2.05) is 24.3 Å². The van der Waals surface area contributed by atoms with Crippen molar-refractivity contribution in [3.63, 3.8) is 0 Å². The van der Waals surface area contributed by atoms with Crippen molar-refractivity contribution in [2.45, 2.75) is 4.90 Å². The molecule has 2 N–H and O–H groups in total. The Morgan fingerprint density at radius 3 is 2.52 bits per heavy atom. The molecule has 3 heterocycles. The van der Waals surface area contributed by atoms with Gasteiger partial charge in [-0.25, -0.2) is 28.1 Å². The number of nitrogens with zero attached hydrogens (tertiary/aromatic N) is 4. The highest BCUT2D eigenvalue weighted by Gasteiger charge is 2.16. The van der Waals surface area contributed by atoms with Crippen LogP contribution in [0.4, 0.5) is 11.1 Å². The Labute approximate surface area is 192 Å². The number of benzene rings is 2. The molecule has 11 heteroatoms. The molecule has 0 saturated carbocycles. The molecule has 2 aromatic carbocycles. The van der Waals surface area contributed by atoms with Crippen LogP contribution in [0.25, 0.3) is 21.5 Å². The molecule has 0 unspecified atom stereocenters. The lowest BCUT2D eigenvalue weighted by Crippen LogP contribution is -2.14. The van der Waals surface area contributed by atoms with E-state index in [2.05, 4.69) is 30.2 Å². The maximum Gasteiger partial charge on any atom is 0.264 e. The van der Waals surface area contributed by atoms with E-state index in [0.717, 1.165) is 15.8 Å². The minimum atomic E-state index is -3.80. The molecule has 0 aliphatic heterocycles. The molecule has 33 heavy (non-hydrogen) atoms. The van der Waals surface area contributed by atoms with Crippen LogP contribution in [0.5, 0.6) is 0 Å². The van der Waals surface area contributed by atoms with E-state index in [1.165, 1.54) is 35.9 Å². The molecular weight excluding hydrogens is 460 g/mol. The first-order valence-electron chi connectivity index (χ1n) is 9.72. The normalized spacial score (nSPS) is 11.8. The first kappa shape index (κ1) is 20.8. The van der Waals surface area contributed by atoms with Crippen molar-refractivity contribution in [3.8, 4) is 11.3 Å². The molecule has 3 aromatic heterocycles. The number of furan rings is 1. The smallest absolute Gasteiger partial charge is 0.264 e. The van der Waals surface area contributed by atoms with Crippen LogP contribution < -0.4 is 10.1 Å². The number of anilines is 2. The third-order valence-corrected chi connectivity index (χ3v) is 6.80. The second kappa shape index (κ2) is 8.81. The van der Waals surface area contributed by atoms with E-state index in [0.29, 0.717) is 16.7 Å². The number of nitrogens with one attached hydrogen (secondary N) is 2. The number of rotatable bonds is 7. The maximum atomic E-state index is 12.5. The summed E-state index contributed by atoms with van der Waals surface area (Å²) in [5, 5.41) is 4.87. The van der Waals surface area contributed by atoms with Crippen LogP contribution in [0.3, 0.4) is 0 Å². The highest BCUT2D eigenvalue weighted by Crippen LogP contribution is 2.26. The van der Waals surface area contributed by atoms with Crippen molar-refractivity contribution in [1.82, 2.24) is 15.0 Å². The third kappa shape index (κ3) is 4.73. The van der Waals surface area contributed by atoms with Gasteiger partial charge in [-0.2, -0.15) is 5.10 Å². The van der Waals surface area contributed by atoms with Crippen molar-refractivity contribution in [1.29, 1.82) is 0 Å². The molecule has 164 valence electrons. The number of fused-ring (bicyclic) bond motifs is 1. The van der Waals surface area contributed by atoms with Crippen molar-refractivity contribution in [2.75, 3.05) is 10.1 Å². The Morgan fingerprint density at radius 2 is 1.73 bits per heavy atom. The summed E-state index contributed by atoms with van der Waals surface area (Å²) in [6.45, 7) is 0. The maximum absolute atomic E-state index is 12.5. The summed E-state index contributed by atoms with van der Waals surface area (Å²) in [6, 6.07) is 19.3. The summed E-state index contributed by atoms with van der Waals surface area (Å²) in [5.41, 5.74) is 4.55. The molecule has 5 aromatic rings. The Kier molecular flexibility index (Phi) is 5.55. The lowest BCUT2D eigenvalue weighted by molar-refractivity contribution is 0.575. The van der Waals surface area contributed by atoms with Gasteiger partial charge >= 0.3 is 0 Å². The van der Waals surface area contributed by atoms with Crippen molar-refractivity contribution >= 4 is 48.9 Å². The highest BCUT2D eigenvalue weighted by atomic mass is 32.2. The summed E-state index contributed by atoms with van der Waals surface area (Å²) in [4.78, 5) is 12.3. The minimum Gasteiger partial charge on any atom is -0.455 e. The predicted octanol–water partition coefficient (Wildman–Crippen LogP) is 4.59. The average Bonchev–Trinajstić information content (AvgIpc) is 3.46. The Hall–Kier alpha value is -4.09. The highest BCUT2D eigenvalue weighted by molar-refractivity contribution is 7.92. The van der Waals surface area contributed by atoms with Crippen molar-refractivity contribution in [3.05, 3.63) is 84.9 Å². The summed E-state index contributed by atoms with van der Waals surface area (Å²) in [6.07, 6.45) is 4.47. The Balaban J connectivity index is 1.26. The second-order valence-corrected chi connectivity index (χ2v) is 9.47. The van der Waals surface area contributed by atoms with Gasteiger partial charge in [-0.15, -0.1) is 0 Å². The molecule has 0 fully saturated rings. The number of hydrazone groups is 1. The van der Waals surface area contributed by atoms with E-state index < -0.39 is 10.0 Å². The van der Waals surface area contributed by atoms with Crippen LogP contribution >= 0.6 is 11.3 Å². The van der Waals surface area contributed by atoms with Gasteiger partial charge in [0.05, 0.1) is 21.3 Å². The molecule has 0 radical (unpaired) electrons. The van der Waals surface area contributed by atoms with Gasteiger partial charge in [0.2, 0.25) is 11.1 Å². The summed E-state index contributed by atoms with van der Waals surface area (Å²) in [7, 11) is -3.80. The molecule has 0 saturated heterocycles. The fraction of sp³-hybridized carbons (Fsp3) is 0. The van der Waals surface area contributed by atoms with Gasteiger partial charge in [-0.3, -0.25) is 5.43 Å². The van der Waals surface area contributed by atoms with Gasteiger partial charge < -0.3 is 4.42 Å². The second-order valence-electron chi connectivity index (χ2n) is 6.76. The summed E-state index contributed by atoms with van der Waals surface area (Å²) >= 11 is 1.51. The minimum absolute atomic E-state index is 0.0102. The van der Waals surface area contributed by atoms with Crippen LogP contribution in [0.15, 0.2) is 93.5 Å². The SMILES string of the molecule is O=S(=O)(Nc1ncccn1)c1ccc(-c2ccc(/C=N\Nc3nc4ccccc4s3)o2)cc1. The molecule has 0 bridgehead atoms. The Bertz CT molecular complexity index is 1490. The zero-order valence-electron chi connectivity index (χ0n) is 16.9. The molecule has 0 atom stereocenters.